The number of likely N-dealkylation sites (tertiary alicyclic amines) is 1. The van der Waals surface area contributed by atoms with Crippen LogP contribution in [0.15, 0.2) is 24.3 Å². The van der Waals surface area contributed by atoms with Gasteiger partial charge in [0.15, 0.2) is 0 Å². The van der Waals surface area contributed by atoms with E-state index in [2.05, 4.69) is 33.0 Å². The van der Waals surface area contributed by atoms with Gasteiger partial charge in [0.2, 0.25) is 0 Å². The number of halogens is 2. The maximum absolute atomic E-state index is 5.89. The van der Waals surface area contributed by atoms with Gasteiger partial charge in [-0.3, -0.25) is 4.90 Å². The molecule has 0 saturated carbocycles. The molecule has 0 aromatic heterocycles. The summed E-state index contributed by atoms with van der Waals surface area (Å²) in [7, 11) is 0. The molecule has 1 unspecified atom stereocenters. The maximum Gasteiger partial charge on any atom is 0.0406 e. The summed E-state index contributed by atoms with van der Waals surface area (Å²) in [6.07, 6.45) is 4.02. The van der Waals surface area contributed by atoms with Gasteiger partial charge in [0.25, 0.3) is 0 Å². The summed E-state index contributed by atoms with van der Waals surface area (Å²) in [4.78, 5) is 2.57. The zero-order valence-electron chi connectivity index (χ0n) is 9.33. The largest absolute Gasteiger partial charge is 0.295 e. The molecule has 1 saturated heterocycles. The van der Waals surface area contributed by atoms with Crippen molar-refractivity contribution in [3.05, 3.63) is 34.9 Å². The van der Waals surface area contributed by atoms with Gasteiger partial charge < -0.3 is 0 Å². The molecule has 1 aromatic rings. The van der Waals surface area contributed by atoms with Crippen LogP contribution in [-0.2, 0) is 6.54 Å². The van der Waals surface area contributed by atoms with Crippen LogP contribution < -0.4 is 0 Å². The molecule has 1 nitrogen and oxygen atoms in total. The Bertz CT molecular complexity index is 325. The molecule has 0 spiro atoms. The van der Waals surface area contributed by atoms with E-state index in [1.807, 2.05) is 12.1 Å². The highest BCUT2D eigenvalue weighted by Crippen LogP contribution is 2.21. The fraction of sp³-hybridized carbons (Fsp3) is 0.538. The fourth-order valence-electron chi connectivity index (χ4n) is 2.27. The van der Waals surface area contributed by atoms with E-state index in [0.717, 1.165) is 16.9 Å². The second-order valence-electron chi connectivity index (χ2n) is 4.40. The third-order valence-corrected chi connectivity index (χ3v) is 4.23. The van der Waals surface area contributed by atoms with E-state index in [-0.39, 0.29) is 0 Å². The van der Waals surface area contributed by atoms with Gasteiger partial charge in [-0.05, 0) is 37.1 Å². The van der Waals surface area contributed by atoms with Gasteiger partial charge in [0.1, 0.15) is 0 Å². The molecular formula is C13H17BrClN. The SMILES string of the molecule is Clc1ccc(CN2CCCCC2CBr)cc1. The highest BCUT2D eigenvalue weighted by atomic mass is 79.9. The summed E-state index contributed by atoms with van der Waals surface area (Å²) < 4.78 is 0. The number of benzene rings is 1. The third-order valence-electron chi connectivity index (χ3n) is 3.23. The van der Waals surface area contributed by atoms with Crippen LogP contribution in [0.1, 0.15) is 24.8 Å². The topological polar surface area (TPSA) is 3.24 Å². The van der Waals surface area contributed by atoms with Crippen molar-refractivity contribution in [3.63, 3.8) is 0 Å². The molecule has 88 valence electrons. The van der Waals surface area contributed by atoms with Gasteiger partial charge in [0.05, 0.1) is 0 Å². The molecule has 1 heterocycles. The lowest BCUT2D eigenvalue weighted by molar-refractivity contribution is 0.156. The Morgan fingerprint density at radius 3 is 2.69 bits per heavy atom. The predicted octanol–water partition coefficient (Wildman–Crippen LogP) is 4.09. The van der Waals surface area contributed by atoms with Crippen molar-refractivity contribution in [3.8, 4) is 0 Å². The minimum atomic E-state index is 0.699. The molecule has 1 aromatic carbocycles. The number of rotatable bonds is 3. The highest BCUT2D eigenvalue weighted by Gasteiger charge is 2.20. The molecule has 1 fully saturated rings. The second kappa shape index (κ2) is 6.04. The zero-order chi connectivity index (χ0) is 11.4. The van der Waals surface area contributed by atoms with Crippen molar-refractivity contribution >= 4 is 27.5 Å². The first kappa shape index (κ1) is 12.4. The Labute approximate surface area is 111 Å². The monoisotopic (exact) mass is 301 g/mol. The lowest BCUT2D eigenvalue weighted by atomic mass is 10.0. The van der Waals surface area contributed by atoms with Crippen molar-refractivity contribution in [2.75, 3.05) is 11.9 Å². The second-order valence-corrected chi connectivity index (χ2v) is 5.48. The smallest absolute Gasteiger partial charge is 0.0406 e. The maximum atomic E-state index is 5.89. The van der Waals surface area contributed by atoms with Crippen LogP contribution in [0.2, 0.25) is 5.02 Å². The van der Waals surface area contributed by atoms with Gasteiger partial charge in [-0.15, -0.1) is 0 Å². The van der Waals surface area contributed by atoms with E-state index in [1.54, 1.807) is 0 Å². The van der Waals surface area contributed by atoms with Crippen LogP contribution in [0.5, 0.6) is 0 Å². The van der Waals surface area contributed by atoms with Crippen molar-refractivity contribution < 1.29 is 0 Å². The molecule has 1 aliphatic heterocycles. The van der Waals surface area contributed by atoms with Crippen molar-refractivity contribution in [2.45, 2.75) is 31.8 Å². The number of nitrogens with zero attached hydrogens (tertiary/aromatic N) is 1. The average molecular weight is 303 g/mol. The van der Waals surface area contributed by atoms with Crippen molar-refractivity contribution in [1.82, 2.24) is 4.90 Å². The highest BCUT2D eigenvalue weighted by molar-refractivity contribution is 9.09. The molecule has 0 bridgehead atoms. The lowest BCUT2D eigenvalue weighted by Gasteiger charge is -2.34. The van der Waals surface area contributed by atoms with E-state index in [4.69, 9.17) is 11.6 Å². The van der Waals surface area contributed by atoms with Gasteiger partial charge >= 0.3 is 0 Å². The number of hydrogen-bond donors (Lipinski definition) is 0. The number of piperidine rings is 1. The summed E-state index contributed by atoms with van der Waals surface area (Å²) in [5.74, 6) is 0. The molecule has 1 aliphatic rings. The van der Waals surface area contributed by atoms with E-state index in [1.165, 1.54) is 31.4 Å². The van der Waals surface area contributed by atoms with E-state index in [0.29, 0.717) is 6.04 Å². The molecule has 2 rings (SSSR count). The standard InChI is InChI=1S/C13H17BrClN/c14-9-13-3-1-2-8-16(13)10-11-4-6-12(15)7-5-11/h4-7,13H,1-3,8-10H2. The summed E-state index contributed by atoms with van der Waals surface area (Å²) in [6, 6.07) is 8.91. The third kappa shape index (κ3) is 3.22. The average Bonchev–Trinajstić information content (AvgIpc) is 2.33. The summed E-state index contributed by atoms with van der Waals surface area (Å²) >= 11 is 9.50. The Hall–Kier alpha value is -0.0500. The molecular weight excluding hydrogens is 286 g/mol. The summed E-state index contributed by atoms with van der Waals surface area (Å²) in [6.45, 7) is 2.27. The Morgan fingerprint density at radius 2 is 2.00 bits per heavy atom. The Morgan fingerprint density at radius 1 is 1.25 bits per heavy atom. The summed E-state index contributed by atoms with van der Waals surface area (Å²) in [5, 5.41) is 1.90. The van der Waals surface area contributed by atoms with Crippen LogP contribution in [0.3, 0.4) is 0 Å². The fourth-order valence-corrected chi connectivity index (χ4v) is 3.13. The van der Waals surface area contributed by atoms with Crippen LogP contribution in [0.25, 0.3) is 0 Å². The molecule has 0 aliphatic carbocycles. The minimum absolute atomic E-state index is 0.699. The molecule has 3 heteroatoms. The first-order valence-electron chi connectivity index (χ1n) is 5.84. The van der Waals surface area contributed by atoms with Gasteiger partial charge in [-0.25, -0.2) is 0 Å². The summed E-state index contributed by atoms with van der Waals surface area (Å²) in [5.41, 5.74) is 1.36. The zero-order valence-corrected chi connectivity index (χ0v) is 11.7. The molecule has 1 atom stereocenters. The van der Waals surface area contributed by atoms with Gasteiger partial charge in [-0.1, -0.05) is 46.1 Å². The van der Waals surface area contributed by atoms with Gasteiger partial charge in [-0.2, -0.15) is 0 Å². The van der Waals surface area contributed by atoms with Crippen molar-refractivity contribution in [2.24, 2.45) is 0 Å². The van der Waals surface area contributed by atoms with E-state index in [9.17, 15) is 0 Å². The normalized spacial score (nSPS) is 22.2. The molecule has 0 radical (unpaired) electrons. The predicted molar refractivity (Wildman–Crippen MR) is 73.3 cm³/mol. The molecule has 0 amide bonds. The first-order valence-corrected chi connectivity index (χ1v) is 7.34. The van der Waals surface area contributed by atoms with Gasteiger partial charge in [0, 0.05) is 22.9 Å². The lowest BCUT2D eigenvalue weighted by Crippen LogP contribution is -2.39. The molecule has 0 N–H and O–H groups in total. The minimum Gasteiger partial charge on any atom is -0.295 e. The first-order chi connectivity index (χ1) is 7.79. The van der Waals surface area contributed by atoms with Crippen LogP contribution >= 0.6 is 27.5 Å². The van der Waals surface area contributed by atoms with Crippen LogP contribution in [-0.4, -0.2) is 22.8 Å². The van der Waals surface area contributed by atoms with Crippen molar-refractivity contribution in [1.29, 1.82) is 0 Å². The Kier molecular flexibility index (Phi) is 4.68. The molecule has 16 heavy (non-hydrogen) atoms. The van der Waals surface area contributed by atoms with E-state index < -0.39 is 0 Å². The number of alkyl halides is 1. The number of hydrogen-bond acceptors (Lipinski definition) is 1. The Balaban J connectivity index is 1.99. The van der Waals surface area contributed by atoms with Crippen LogP contribution in [0, 0.1) is 0 Å². The van der Waals surface area contributed by atoms with Crippen LogP contribution in [0.4, 0.5) is 0 Å². The van der Waals surface area contributed by atoms with E-state index >= 15 is 0 Å². The quantitative estimate of drug-likeness (QED) is 0.760.